The molecule has 9 heteroatoms. The molecule has 2 aliphatic rings. The Bertz CT molecular complexity index is 1300. The Hall–Kier alpha value is -2.91. The van der Waals surface area contributed by atoms with Crippen molar-refractivity contribution in [3.63, 3.8) is 0 Å². The number of rotatable bonds is 4. The molecule has 1 aromatic carbocycles. The first kappa shape index (κ1) is 18.1. The Labute approximate surface area is 176 Å². The fourth-order valence-electron chi connectivity index (χ4n) is 2.98. The summed E-state index contributed by atoms with van der Waals surface area (Å²) in [5.74, 6) is -1.04. The first-order valence-electron chi connectivity index (χ1n) is 8.56. The molecular formula is C20H11BrF2N4OS. The molecule has 0 fully saturated rings. The summed E-state index contributed by atoms with van der Waals surface area (Å²) in [6, 6.07) is 11.6. The van der Waals surface area contributed by atoms with E-state index in [9.17, 15) is 8.78 Å². The van der Waals surface area contributed by atoms with Gasteiger partial charge in [0.1, 0.15) is 11.4 Å². The Balaban J connectivity index is 1.43. The van der Waals surface area contributed by atoms with Gasteiger partial charge in [0.2, 0.25) is 0 Å². The van der Waals surface area contributed by atoms with E-state index in [1.165, 1.54) is 12.1 Å². The summed E-state index contributed by atoms with van der Waals surface area (Å²) in [4.78, 5) is 9.67. The first-order chi connectivity index (χ1) is 14.1. The zero-order chi connectivity index (χ0) is 20.0. The van der Waals surface area contributed by atoms with Gasteiger partial charge in [0.25, 0.3) is 0 Å². The molecule has 2 aliphatic heterocycles. The van der Waals surface area contributed by atoms with Crippen molar-refractivity contribution in [2.75, 3.05) is 0 Å². The highest BCUT2D eigenvalue weighted by molar-refractivity contribution is 9.11. The van der Waals surface area contributed by atoms with E-state index < -0.39 is 11.6 Å². The maximum Gasteiger partial charge on any atom is 0.169 e. The number of fused-ring (bicyclic) bond motifs is 1. The lowest BCUT2D eigenvalue weighted by Crippen LogP contribution is -1.99. The Kier molecular flexibility index (Phi) is 4.48. The lowest BCUT2D eigenvalue weighted by atomic mass is 10.2. The molecule has 0 spiro atoms. The first-order valence-corrected chi connectivity index (χ1v) is 10.2. The summed E-state index contributed by atoms with van der Waals surface area (Å²) in [5, 5.41) is 4.12. The average molecular weight is 473 g/mol. The van der Waals surface area contributed by atoms with E-state index >= 15 is 0 Å². The van der Waals surface area contributed by atoms with Crippen LogP contribution in [0.1, 0.15) is 5.76 Å². The SMILES string of the molecule is Fc1cccc(-c2nc3ccn(Cc4cc(-c5ccc(Br)s5)no4)cc-3n2)c1F. The van der Waals surface area contributed by atoms with Crippen LogP contribution in [0.25, 0.3) is 33.3 Å². The number of imidazole rings is 1. The molecule has 0 amide bonds. The van der Waals surface area contributed by atoms with Crippen molar-refractivity contribution in [3.05, 3.63) is 76.0 Å². The zero-order valence-electron chi connectivity index (χ0n) is 14.6. The zero-order valence-corrected chi connectivity index (χ0v) is 17.0. The normalized spacial score (nSPS) is 11.4. The molecule has 3 aromatic rings. The summed E-state index contributed by atoms with van der Waals surface area (Å²) in [6.45, 7) is 0.450. The minimum absolute atomic E-state index is 0.0368. The molecular weight excluding hydrogens is 462 g/mol. The van der Waals surface area contributed by atoms with Crippen molar-refractivity contribution in [3.8, 4) is 33.3 Å². The number of nitrogens with zero attached hydrogens (tertiary/aromatic N) is 4. The molecule has 0 saturated carbocycles. The van der Waals surface area contributed by atoms with E-state index in [-0.39, 0.29) is 11.4 Å². The summed E-state index contributed by atoms with van der Waals surface area (Å²) in [7, 11) is 0. The minimum atomic E-state index is -0.954. The minimum Gasteiger partial charge on any atom is -0.359 e. The van der Waals surface area contributed by atoms with Crippen molar-refractivity contribution in [1.29, 1.82) is 0 Å². The van der Waals surface area contributed by atoms with Crippen LogP contribution < -0.4 is 0 Å². The van der Waals surface area contributed by atoms with E-state index in [0.717, 1.165) is 20.4 Å². The van der Waals surface area contributed by atoms with Gasteiger partial charge in [0.05, 0.1) is 26.5 Å². The standard InChI is InChI=1S/C20H11BrF2N4OS/c21-18-5-4-17(29-18)15-8-11(28-26-15)9-27-7-6-14-16(10-27)25-20(24-14)12-2-1-3-13(22)19(12)23/h1-8,10H,9H2. The van der Waals surface area contributed by atoms with E-state index in [0.29, 0.717) is 23.7 Å². The van der Waals surface area contributed by atoms with Gasteiger partial charge in [-0.15, -0.1) is 11.3 Å². The predicted octanol–water partition coefficient (Wildman–Crippen LogP) is 5.86. The average Bonchev–Trinajstić information content (AvgIpc) is 3.43. The molecule has 0 bridgehead atoms. The number of pyridine rings is 1. The molecule has 5 rings (SSSR count). The quantitative estimate of drug-likeness (QED) is 0.328. The summed E-state index contributed by atoms with van der Waals surface area (Å²) in [6.07, 6.45) is 3.61. The number of aromatic nitrogens is 4. The molecule has 144 valence electrons. The molecule has 0 unspecified atom stereocenters. The Morgan fingerprint density at radius 2 is 1.90 bits per heavy atom. The van der Waals surface area contributed by atoms with E-state index in [2.05, 4.69) is 31.1 Å². The molecule has 0 radical (unpaired) electrons. The Morgan fingerprint density at radius 3 is 2.72 bits per heavy atom. The third-order valence-corrected chi connectivity index (χ3v) is 5.99. The number of hydrogen-bond acceptors (Lipinski definition) is 5. The third-order valence-electron chi connectivity index (χ3n) is 4.34. The topological polar surface area (TPSA) is 56.7 Å². The van der Waals surface area contributed by atoms with Crippen molar-refractivity contribution in [1.82, 2.24) is 19.7 Å². The largest absolute Gasteiger partial charge is 0.359 e. The van der Waals surface area contributed by atoms with Crippen LogP contribution in [-0.2, 0) is 6.54 Å². The van der Waals surface area contributed by atoms with Crippen molar-refractivity contribution in [2.24, 2.45) is 0 Å². The highest BCUT2D eigenvalue weighted by atomic mass is 79.9. The maximum atomic E-state index is 14.0. The van der Waals surface area contributed by atoms with Gasteiger partial charge in [-0.05, 0) is 46.3 Å². The lowest BCUT2D eigenvalue weighted by molar-refractivity contribution is 0.378. The smallest absolute Gasteiger partial charge is 0.169 e. The predicted molar refractivity (Wildman–Crippen MR) is 109 cm³/mol. The van der Waals surface area contributed by atoms with Gasteiger partial charge in [0.15, 0.2) is 23.2 Å². The number of benzene rings is 1. The number of thiophene rings is 1. The van der Waals surface area contributed by atoms with Gasteiger partial charge in [-0.3, -0.25) is 0 Å². The van der Waals surface area contributed by atoms with Crippen LogP contribution in [0.4, 0.5) is 8.78 Å². The molecule has 0 saturated heterocycles. The van der Waals surface area contributed by atoms with E-state index in [4.69, 9.17) is 4.52 Å². The van der Waals surface area contributed by atoms with E-state index in [1.807, 2.05) is 29.0 Å². The third kappa shape index (κ3) is 3.47. The van der Waals surface area contributed by atoms with Gasteiger partial charge < -0.3 is 9.09 Å². The summed E-state index contributed by atoms with van der Waals surface area (Å²) < 4.78 is 35.9. The molecule has 0 atom stereocenters. The van der Waals surface area contributed by atoms with Crippen LogP contribution in [-0.4, -0.2) is 19.7 Å². The molecule has 0 N–H and O–H groups in total. The Morgan fingerprint density at radius 1 is 1.03 bits per heavy atom. The number of halogens is 3. The second kappa shape index (κ2) is 7.16. The monoisotopic (exact) mass is 472 g/mol. The molecule has 4 heterocycles. The molecule has 0 aliphatic carbocycles. The lowest BCUT2D eigenvalue weighted by Gasteiger charge is -2.04. The second-order valence-corrected chi connectivity index (χ2v) is 8.78. The van der Waals surface area contributed by atoms with Crippen molar-refractivity contribution in [2.45, 2.75) is 6.54 Å². The van der Waals surface area contributed by atoms with Crippen LogP contribution in [0.5, 0.6) is 0 Å². The second-order valence-electron chi connectivity index (χ2n) is 6.32. The van der Waals surface area contributed by atoms with Crippen LogP contribution in [0.2, 0.25) is 0 Å². The fourth-order valence-corrected chi connectivity index (χ4v) is 4.32. The number of hydrogen-bond donors (Lipinski definition) is 0. The van der Waals surface area contributed by atoms with Gasteiger partial charge in [0, 0.05) is 18.5 Å². The van der Waals surface area contributed by atoms with Gasteiger partial charge >= 0.3 is 0 Å². The summed E-state index contributed by atoms with van der Waals surface area (Å²) in [5.41, 5.74) is 1.98. The van der Waals surface area contributed by atoms with Crippen LogP contribution >= 0.6 is 27.3 Å². The van der Waals surface area contributed by atoms with Crippen LogP contribution in [0, 0.1) is 11.6 Å². The van der Waals surface area contributed by atoms with E-state index in [1.54, 1.807) is 23.6 Å². The van der Waals surface area contributed by atoms with Crippen LogP contribution in [0.15, 0.2) is 63.2 Å². The fraction of sp³-hybridized carbons (Fsp3) is 0.0500. The highest BCUT2D eigenvalue weighted by Crippen LogP contribution is 2.31. The molecule has 2 aromatic heterocycles. The van der Waals surface area contributed by atoms with Crippen molar-refractivity contribution < 1.29 is 13.3 Å². The molecule has 29 heavy (non-hydrogen) atoms. The highest BCUT2D eigenvalue weighted by Gasteiger charge is 2.18. The molecule has 5 nitrogen and oxygen atoms in total. The maximum absolute atomic E-state index is 14.0. The van der Waals surface area contributed by atoms with Gasteiger partial charge in [-0.25, -0.2) is 18.7 Å². The van der Waals surface area contributed by atoms with Crippen LogP contribution in [0.3, 0.4) is 0 Å². The van der Waals surface area contributed by atoms with Gasteiger partial charge in [-0.1, -0.05) is 11.2 Å². The van der Waals surface area contributed by atoms with Crippen molar-refractivity contribution >= 4 is 27.3 Å². The summed E-state index contributed by atoms with van der Waals surface area (Å²) >= 11 is 5.02. The van der Waals surface area contributed by atoms with Gasteiger partial charge in [-0.2, -0.15) is 0 Å².